The molecule has 0 fully saturated rings. The fraction of sp³-hybridized carbons (Fsp3) is 0.100. The SMILES string of the molecule is CCOc1ccc(NC(=S)C(=C([O-])c2ccc(Cl)s2)[n+]2ccccc2)cc1. The van der Waals surface area contributed by atoms with Gasteiger partial charge in [-0.1, -0.05) is 29.9 Å². The summed E-state index contributed by atoms with van der Waals surface area (Å²) in [6.45, 7) is 2.54. The van der Waals surface area contributed by atoms with Crippen LogP contribution in [0.1, 0.15) is 11.8 Å². The third-order valence-electron chi connectivity index (χ3n) is 3.62. The molecule has 2 heterocycles. The van der Waals surface area contributed by atoms with E-state index in [-0.39, 0.29) is 5.76 Å². The molecule has 3 aromatic rings. The van der Waals surface area contributed by atoms with Gasteiger partial charge in [0, 0.05) is 22.7 Å². The minimum absolute atomic E-state index is 0.188. The van der Waals surface area contributed by atoms with Crippen molar-refractivity contribution in [2.24, 2.45) is 0 Å². The van der Waals surface area contributed by atoms with E-state index in [0.717, 1.165) is 11.4 Å². The molecule has 0 spiro atoms. The molecule has 1 aromatic carbocycles. The van der Waals surface area contributed by atoms with Gasteiger partial charge >= 0.3 is 0 Å². The number of anilines is 1. The summed E-state index contributed by atoms with van der Waals surface area (Å²) >= 11 is 12.8. The molecule has 4 nitrogen and oxygen atoms in total. The average molecular weight is 417 g/mol. The van der Waals surface area contributed by atoms with E-state index in [0.29, 0.717) is 26.5 Å². The van der Waals surface area contributed by atoms with Crippen molar-refractivity contribution in [1.82, 2.24) is 0 Å². The molecule has 0 radical (unpaired) electrons. The van der Waals surface area contributed by atoms with Crippen molar-refractivity contribution in [2.45, 2.75) is 6.92 Å². The van der Waals surface area contributed by atoms with E-state index >= 15 is 0 Å². The Morgan fingerprint density at radius 3 is 2.44 bits per heavy atom. The topological polar surface area (TPSA) is 48.2 Å². The number of pyridine rings is 1. The van der Waals surface area contributed by atoms with Crippen LogP contribution in [0.2, 0.25) is 4.34 Å². The molecular weight excluding hydrogens is 400 g/mol. The summed E-state index contributed by atoms with van der Waals surface area (Å²) in [6.07, 6.45) is 3.57. The zero-order valence-corrected chi connectivity index (χ0v) is 16.9. The van der Waals surface area contributed by atoms with E-state index in [1.807, 2.05) is 49.4 Å². The lowest BCUT2D eigenvalue weighted by Crippen LogP contribution is -2.39. The van der Waals surface area contributed by atoms with Crippen LogP contribution in [0.5, 0.6) is 5.75 Å². The van der Waals surface area contributed by atoms with E-state index < -0.39 is 0 Å². The summed E-state index contributed by atoms with van der Waals surface area (Å²) in [4.78, 5) is 0.854. The van der Waals surface area contributed by atoms with Crippen LogP contribution in [0, 0.1) is 0 Å². The second kappa shape index (κ2) is 8.99. The van der Waals surface area contributed by atoms with Gasteiger partial charge in [0.05, 0.1) is 10.9 Å². The van der Waals surface area contributed by atoms with Crippen LogP contribution in [-0.2, 0) is 0 Å². The number of thiocarbonyl (C=S) groups is 1. The van der Waals surface area contributed by atoms with Crippen LogP contribution in [-0.4, -0.2) is 11.6 Å². The lowest BCUT2D eigenvalue weighted by molar-refractivity contribution is -0.577. The van der Waals surface area contributed by atoms with Gasteiger partial charge in [-0.15, -0.1) is 11.3 Å². The van der Waals surface area contributed by atoms with Crippen LogP contribution in [0.15, 0.2) is 67.0 Å². The van der Waals surface area contributed by atoms with Gasteiger partial charge in [-0.3, -0.25) is 0 Å². The predicted molar refractivity (Wildman–Crippen MR) is 113 cm³/mol. The summed E-state index contributed by atoms with van der Waals surface area (Å²) in [6, 6.07) is 16.4. The standard InChI is InChI=1S/C20H17ClN2O2S2/c1-2-25-15-8-6-14(7-9-15)22-20(26)18(23-12-4-3-5-13-23)19(24)16-10-11-17(21)27-16/h3-13H,2H2,1H3,(H-,22,24,26). The van der Waals surface area contributed by atoms with Crippen molar-refractivity contribution in [3.8, 4) is 5.75 Å². The van der Waals surface area contributed by atoms with Crippen molar-refractivity contribution in [3.63, 3.8) is 0 Å². The molecule has 0 unspecified atom stereocenters. The summed E-state index contributed by atoms with van der Waals surface area (Å²) in [5.41, 5.74) is 1.13. The molecule has 0 amide bonds. The Labute approximate surface area is 172 Å². The fourth-order valence-electron chi connectivity index (χ4n) is 2.43. The van der Waals surface area contributed by atoms with Gasteiger partial charge in [0.1, 0.15) is 5.75 Å². The number of halogens is 1. The minimum atomic E-state index is -0.188. The number of benzene rings is 1. The molecule has 27 heavy (non-hydrogen) atoms. The molecule has 2 aromatic heterocycles. The van der Waals surface area contributed by atoms with Crippen LogP contribution in [0.25, 0.3) is 11.5 Å². The second-order valence-electron chi connectivity index (χ2n) is 5.48. The van der Waals surface area contributed by atoms with Gasteiger partial charge in [-0.2, -0.15) is 4.57 Å². The van der Waals surface area contributed by atoms with Gasteiger partial charge in [0.15, 0.2) is 17.4 Å². The van der Waals surface area contributed by atoms with Crippen molar-refractivity contribution in [2.75, 3.05) is 11.9 Å². The molecule has 138 valence electrons. The lowest BCUT2D eigenvalue weighted by atomic mass is 10.2. The number of ether oxygens (including phenoxy) is 1. The van der Waals surface area contributed by atoms with Gasteiger partial charge < -0.3 is 15.2 Å². The summed E-state index contributed by atoms with van der Waals surface area (Å²) in [7, 11) is 0. The maximum atomic E-state index is 13.1. The molecule has 0 atom stereocenters. The second-order valence-corrected chi connectivity index (χ2v) is 7.60. The highest BCUT2D eigenvalue weighted by Gasteiger charge is 2.19. The van der Waals surface area contributed by atoms with Crippen molar-refractivity contribution >= 4 is 57.3 Å². The first-order valence-electron chi connectivity index (χ1n) is 8.26. The molecule has 0 aliphatic heterocycles. The van der Waals surface area contributed by atoms with Crippen molar-refractivity contribution < 1.29 is 14.4 Å². The van der Waals surface area contributed by atoms with E-state index in [1.165, 1.54) is 11.3 Å². The highest BCUT2D eigenvalue weighted by Crippen LogP contribution is 2.27. The zero-order valence-electron chi connectivity index (χ0n) is 14.5. The lowest BCUT2D eigenvalue weighted by Gasteiger charge is -2.15. The maximum absolute atomic E-state index is 13.1. The van der Waals surface area contributed by atoms with Gasteiger partial charge in [-0.25, -0.2) is 0 Å². The molecule has 7 heteroatoms. The van der Waals surface area contributed by atoms with Crippen molar-refractivity contribution in [1.29, 1.82) is 0 Å². The normalized spacial score (nSPS) is 11.6. The molecule has 0 saturated carbocycles. The molecule has 3 rings (SSSR count). The van der Waals surface area contributed by atoms with E-state index in [2.05, 4.69) is 5.32 Å². The van der Waals surface area contributed by atoms with Gasteiger partial charge in [0.2, 0.25) is 5.70 Å². The van der Waals surface area contributed by atoms with Crippen LogP contribution in [0.3, 0.4) is 0 Å². The number of hydrogen-bond acceptors (Lipinski definition) is 4. The molecule has 0 aliphatic carbocycles. The third-order valence-corrected chi connectivity index (χ3v) is 5.15. The smallest absolute Gasteiger partial charge is 0.239 e. The van der Waals surface area contributed by atoms with Crippen LogP contribution >= 0.6 is 35.2 Å². The van der Waals surface area contributed by atoms with E-state index in [1.54, 1.807) is 29.1 Å². The Morgan fingerprint density at radius 2 is 1.85 bits per heavy atom. The Morgan fingerprint density at radius 1 is 1.15 bits per heavy atom. The first-order chi connectivity index (χ1) is 13.1. The Kier molecular flexibility index (Phi) is 6.45. The van der Waals surface area contributed by atoms with E-state index in [4.69, 9.17) is 28.6 Å². The Balaban J connectivity index is 1.94. The molecular formula is C20H17ClN2O2S2. The average Bonchev–Trinajstić information content (AvgIpc) is 3.11. The number of nitrogens with one attached hydrogen (secondary N) is 1. The third kappa shape index (κ3) is 4.86. The number of rotatable bonds is 6. The van der Waals surface area contributed by atoms with Crippen molar-refractivity contribution in [3.05, 3.63) is 76.2 Å². The maximum Gasteiger partial charge on any atom is 0.239 e. The molecule has 0 saturated heterocycles. The summed E-state index contributed by atoms with van der Waals surface area (Å²) < 4.78 is 7.71. The highest BCUT2D eigenvalue weighted by molar-refractivity contribution is 7.81. The first kappa shape index (κ1) is 19.4. The van der Waals surface area contributed by atoms with Crippen LogP contribution in [0.4, 0.5) is 5.69 Å². The minimum Gasteiger partial charge on any atom is -0.867 e. The van der Waals surface area contributed by atoms with Crippen LogP contribution < -0.4 is 19.7 Å². The monoisotopic (exact) mass is 416 g/mol. The Hall–Kier alpha value is -2.41. The zero-order chi connectivity index (χ0) is 19.2. The fourth-order valence-corrected chi connectivity index (χ4v) is 3.73. The highest BCUT2D eigenvalue weighted by atomic mass is 35.5. The summed E-state index contributed by atoms with van der Waals surface area (Å²) in [5, 5.41) is 16.2. The van der Waals surface area contributed by atoms with Gasteiger partial charge in [-0.05, 0) is 49.1 Å². The summed E-state index contributed by atoms with van der Waals surface area (Å²) in [5.74, 6) is 0.589. The van der Waals surface area contributed by atoms with E-state index in [9.17, 15) is 5.11 Å². The number of thiophene rings is 1. The number of aromatic nitrogens is 1. The molecule has 0 bridgehead atoms. The number of hydrogen-bond donors (Lipinski definition) is 1. The molecule has 1 N–H and O–H groups in total. The quantitative estimate of drug-likeness (QED) is 0.283. The number of nitrogens with zero attached hydrogens (tertiary/aromatic N) is 1. The molecule has 0 aliphatic rings. The Bertz CT molecular complexity index is 954. The largest absolute Gasteiger partial charge is 0.867 e. The first-order valence-corrected chi connectivity index (χ1v) is 9.86. The van der Waals surface area contributed by atoms with Gasteiger partial charge in [0.25, 0.3) is 0 Å². The predicted octanol–water partition coefficient (Wildman–Crippen LogP) is 4.21.